The van der Waals surface area contributed by atoms with Gasteiger partial charge < -0.3 is 10.6 Å². The number of alkyl halides is 3. The van der Waals surface area contributed by atoms with E-state index in [4.69, 9.17) is 0 Å². The fourth-order valence-electron chi connectivity index (χ4n) is 3.25. The fraction of sp³-hybridized carbons (Fsp3) is 0.533. The number of hydrogen-bond donors (Lipinski definition) is 2. The van der Waals surface area contributed by atoms with Crippen LogP contribution in [0.5, 0.6) is 0 Å². The van der Waals surface area contributed by atoms with Crippen molar-refractivity contribution in [1.82, 2.24) is 10.6 Å². The Kier molecular flexibility index (Phi) is 5.02. The second-order valence-electron chi connectivity index (χ2n) is 5.85. The van der Waals surface area contributed by atoms with E-state index in [1.807, 2.05) is 0 Å². The van der Waals surface area contributed by atoms with Gasteiger partial charge in [0.05, 0.1) is 5.56 Å². The van der Waals surface area contributed by atoms with Crippen molar-refractivity contribution in [3.8, 4) is 0 Å². The molecule has 2 aliphatic rings. The number of amides is 1. The molecular weight excluding hydrogens is 317 g/mol. The van der Waals surface area contributed by atoms with Crippen LogP contribution in [0.2, 0.25) is 0 Å². The molecule has 0 radical (unpaired) electrons. The van der Waals surface area contributed by atoms with Gasteiger partial charge in [0.15, 0.2) is 0 Å². The van der Waals surface area contributed by atoms with Gasteiger partial charge in [0, 0.05) is 23.7 Å². The molecule has 1 amide bonds. The number of piperidine rings is 1. The Morgan fingerprint density at radius 1 is 1.09 bits per heavy atom. The summed E-state index contributed by atoms with van der Waals surface area (Å²) in [5.41, 5.74) is -0.465. The number of halogens is 4. The largest absolute Gasteiger partial charge is 0.416 e. The highest BCUT2D eigenvalue weighted by Gasteiger charge is 2.34. The quantitative estimate of drug-likeness (QED) is 0.872. The second kappa shape index (κ2) is 6.46. The molecule has 7 heteroatoms. The number of fused-ring (bicyclic) bond motifs is 2. The first kappa shape index (κ1) is 17.1. The lowest BCUT2D eigenvalue weighted by Gasteiger charge is -2.29. The van der Waals surface area contributed by atoms with Crippen LogP contribution in [0.15, 0.2) is 24.3 Å². The van der Waals surface area contributed by atoms with E-state index in [-0.39, 0.29) is 29.9 Å². The predicted molar refractivity (Wildman–Crippen MR) is 79.1 cm³/mol. The summed E-state index contributed by atoms with van der Waals surface area (Å²) in [4.78, 5) is 12.1. The van der Waals surface area contributed by atoms with Crippen molar-refractivity contribution in [3.05, 3.63) is 35.4 Å². The molecule has 2 unspecified atom stereocenters. The minimum Gasteiger partial charge on any atom is -0.349 e. The van der Waals surface area contributed by atoms with Crippen LogP contribution in [-0.2, 0) is 6.18 Å². The maximum atomic E-state index is 12.5. The Labute approximate surface area is 133 Å². The van der Waals surface area contributed by atoms with E-state index in [1.165, 1.54) is 12.1 Å². The third kappa shape index (κ3) is 3.73. The van der Waals surface area contributed by atoms with Gasteiger partial charge >= 0.3 is 6.18 Å². The Morgan fingerprint density at radius 3 is 2.14 bits per heavy atom. The summed E-state index contributed by atoms with van der Waals surface area (Å²) >= 11 is 0. The smallest absolute Gasteiger partial charge is 0.349 e. The lowest BCUT2D eigenvalue weighted by molar-refractivity contribution is -0.137. The number of benzene rings is 1. The van der Waals surface area contributed by atoms with Gasteiger partial charge in [-0.05, 0) is 49.9 Å². The molecule has 2 fully saturated rings. The Morgan fingerprint density at radius 2 is 1.64 bits per heavy atom. The van der Waals surface area contributed by atoms with Crippen LogP contribution in [0.1, 0.15) is 41.6 Å². The van der Waals surface area contributed by atoms with Crippen LogP contribution in [-0.4, -0.2) is 24.0 Å². The summed E-state index contributed by atoms with van der Waals surface area (Å²) in [7, 11) is 0. The first-order valence-electron chi connectivity index (χ1n) is 7.16. The molecule has 122 valence electrons. The van der Waals surface area contributed by atoms with Gasteiger partial charge in [0.25, 0.3) is 5.91 Å². The zero-order valence-corrected chi connectivity index (χ0v) is 12.6. The van der Waals surface area contributed by atoms with Gasteiger partial charge in [0.1, 0.15) is 0 Å². The van der Waals surface area contributed by atoms with Crippen LogP contribution in [0.3, 0.4) is 0 Å². The molecular formula is C15H18ClF3N2O. The second-order valence-corrected chi connectivity index (χ2v) is 5.85. The summed E-state index contributed by atoms with van der Waals surface area (Å²) < 4.78 is 37.4. The molecule has 2 aliphatic heterocycles. The molecule has 0 saturated carbocycles. The first-order chi connectivity index (χ1) is 9.91. The molecule has 2 atom stereocenters. The van der Waals surface area contributed by atoms with Crippen LogP contribution in [0.25, 0.3) is 0 Å². The maximum absolute atomic E-state index is 12.5. The van der Waals surface area contributed by atoms with Crippen molar-refractivity contribution in [2.45, 2.75) is 50.0 Å². The summed E-state index contributed by atoms with van der Waals surface area (Å²) in [6, 6.07) is 5.38. The number of rotatable bonds is 2. The Hall–Kier alpha value is -1.27. The molecule has 3 nitrogen and oxygen atoms in total. The van der Waals surface area contributed by atoms with Gasteiger partial charge in [-0.2, -0.15) is 13.2 Å². The van der Waals surface area contributed by atoms with E-state index in [0.29, 0.717) is 12.1 Å². The van der Waals surface area contributed by atoms with Crippen molar-refractivity contribution in [1.29, 1.82) is 0 Å². The summed E-state index contributed by atoms with van der Waals surface area (Å²) in [5.74, 6) is -0.296. The standard InChI is InChI=1S/C15H17F3N2O.ClH/c16-15(17,18)10-3-1-9(2-4-10)14(21)20-13-7-11-5-6-12(8-13)19-11;/h1-4,11-13,19H,5-8H2,(H,20,21);1H. The lowest BCUT2D eigenvalue weighted by atomic mass is 9.99. The molecule has 0 spiro atoms. The minimum absolute atomic E-state index is 0. The summed E-state index contributed by atoms with van der Waals surface area (Å²) in [6.07, 6.45) is -0.316. The monoisotopic (exact) mass is 334 g/mol. The number of nitrogens with one attached hydrogen (secondary N) is 2. The number of hydrogen-bond acceptors (Lipinski definition) is 2. The first-order valence-corrected chi connectivity index (χ1v) is 7.16. The van der Waals surface area contributed by atoms with E-state index >= 15 is 0 Å². The highest BCUT2D eigenvalue weighted by atomic mass is 35.5. The van der Waals surface area contributed by atoms with E-state index in [1.54, 1.807) is 0 Å². The number of carbonyl (C=O) groups is 1. The van der Waals surface area contributed by atoms with Crippen molar-refractivity contribution >= 4 is 18.3 Å². The average molecular weight is 335 g/mol. The SMILES string of the molecule is Cl.O=C(NC1CC2CCC(C1)N2)c1ccc(C(F)(F)F)cc1. The average Bonchev–Trinajstić information content (AvgIpc) is 2.77. The zero-order chi connectivity index (χ0) is 15.0. The molecule has 2 bridgehead atoms. The molecule has 1 aromatic rings. The third-order valence-corrected chi connectivity index (χ3v) is 4.28. The highest BCUT2D eigenvalue weighted by Crippen LogP contribution is 2.29. The van der Waals surface area contributed by atoms with Gasteiger partial charge in [-0.3, -0.25) is 4.79 Å². The molecule has 0 aromatic heterocycles. The highest BCUT2D eigenvalue weighted by molar-refractivity contribution is 5.94. The van der Waals surface area contributed by atoms with Crippen LogP contribution in [0.4, 0.5) is 13.2 Å². The van der Waals surface area contributed by atoms with Gasteiger partial charge in [-0.25, -0.2) is 0 Å². The zero-order valence-electron chi connectivity index (χ0n) is 11.8. The number of carbonyl (C=O) groups excluding carboxylic acids is 1. The fourth-order valence-corrected chi connectivity index (χ4v) is 3.25. The van der Waals surface area contributed by atoms with Crippen LogP contribution in [0, 0.1) is 0 Å². The molecule has 2 saturated heterocycles. The molecule has 22 heavy (non-hydrogen) atoms. The molecule has 2 N–H and O–H groups in total. The normalized spacial score (nSPS) is 27.1. The van der Waals surface area contributed by atoms with Crippen LogP contribution < -0.4 is 10.6 Å². The Bertz CT molecular complexity index is 521. The van der Waals surface area contributed by atoms with Gasteiger partial charge in [0.2, 0.25) is 0 Å². The summed E-state index contributed by atoms with van der Waals surface area (Å²) in [5, 5.41) is 6.42. The van der Waals surface area contributed by atoms with Gasteiger partial charge in [-0.1, -0.05) is 0 Å². The van der Waals surface area contributed by atoms with E-state index in [0.717, 1.165) is 37.8 Å². The molecule has 1 aromatic carbocycles. The van der Waals surface area contributed by atoms with Crippen LogP contribution >= 0.6 is 12.4 Å². The third-order valence-electron chi connectivity index (χ3n) is 4.28. The van der Waals surface area contributed by atoms with Crippen molar-refractivity contribution in [2.75, 3.05) is 0 Å². The minimum atomic E-state index is -4.37. The van der Waals surface area contributed by atoms with E-state index < -0.39 is 11.7 Å². The summed E-state index contributed by atoms with van der Waals surface area (Å²) in [6.45, 7) is 0. The maximum Gasteiger partial charge on any atom is 0.416 e. The molecule has 0 aliphatic carbocycles. The molecule has 3 rings (SSSR count). The van der Waals surface area contributed by atoms with Crippen molar-refractivity contribution in [3.63, 3.8) is 0 Å². The lowest BCUT2D eigenvalue weighted by Crippen LogP contribution is -2.48. The van der Waals surface area contributed by atoms with E-state index in [9.17, 15) is 18.0 Å². The van der Waals surface area contributed by atoms with E-state index in [2.05, 4.69) is 10.6 Å². The van der Waals surface area contributed by atoms with Crippen molar-refractivity contribution in [2.24, 2.45) is 0 Å². The van der Waals surface area contributed by atoms with Gasteiger partial charge in [-0.15, -0.1) is 12.4 Å². The molecule has 2 heterocycles. The Balaban J connectivity index is 0.00000176. The topological polar surface area (TPSA) is 41.1 Å². The van der Waals surface area contributed by atoms with Crippen molar-refractivity contribution < 1.29 is 18.0 Å². The predicted octanol–water partition coefficient (Wildman–Crippen LogP) is 3.14.